The molecule has 0 atom stereocenters. The van der Waals surface area contributed by atoms with E-state index in [1.165, 1.54) is 19.1 Å². The molecule has 26 heavy (non-hydrogen) atoms. The fraction of sp³-hybridized carbons (Fsp3) is 0.222. The van der Waals surface area contributed by atoms with Crippen molar-refractivity contribution >= 4 is 39.2 Å². The molecule has 0 heterocycles. The zero-order valence-corrected chi connectivity index (χ0v) is 15.7. The van der Waals surface area contributed by atoms with E-state index in [2.05, 4.69) is 31.9 Å². The molecule has 3 N–H and O–H groups in total. The molecule has 0 bridgehead atoms. The van der Waals surface area contributed by atoms with Gasteiger partial charge in [-0.3, -0.25) is 4.79 Å². The van der Waals surface area contributed by atoms with Crippen molar-refractivity contribution in [3.8, 4) is 5.75 Å². The quantitative estimate of drug-likeness (QED) is 0.585. The Kier molecular flexibility index (Phi) is 7.40. The molecule has 0 radical (unpaired) electrons. The number of hydrogen-bond donors (Lipinski definition) is 3. The first-order valence-electron chi connectivity index (χ1n) is 7.94. The van der Waals surface area contributed by atoms with Crippen molar-refractivity contribution in [1.29, 1.82) is 0 Å². The summed E-state index contributed by atoms with van der Waals surface area (Å²) in [4.78, 5) is 22.8. The molecule has 0 saturated heterocycles. The lowest BCUT2D eigenvalue weighted by Gasteiger charge is -2.10. The highest BCUT2D eigenvalue weighted by Crippen LogP contribution is 2.19. The second kappa shape index (κ2) is 9.76. The molecule has 2 rings (SSSR count). The highest BCUT2D eigenvalue weighted by atomic mass is 79.9. The third-order valence-corrected chi connectivity index (χ3v) is 3.70. The number of hydrogen-bond acceptors (Lipinski definition) is 3. The third kappa shape index (κ3) is 6.72. The SMILES string of the molecule is CC(=O)Nc1cccc(OCCCNC(=O)Nc2ccc(Br)cc2F)c1. The maximum atomic E-state index is 13.6. The zero-order chi connectivity index (χ0) is 18.9. The maximum absolute atomic E-state index is 13.6. The van der Waals surface area contributed by atoms with Gasteiger partial charge in [-0.1, -0.05) is 22.0 Å². The van der Waals surface area contributed by atoms with E-state index in [9.17, 15) is 14.0 Å². The third-order valence-electron chi connectivity index (χ3n) is 3.21. The summed E-state index contributed by atoms with van der Waals surface area (Å²) < 4.78 is 19.8. The van der Waals surface area contributed by atoms with Crippen molar-refractivity contribution < 1.29 is 18.7 Å². The van der Waals surface area contributed by atoms with Gasteiger partial charge in [0.25, 0.3) is 0 Å². The van der Waals surface area contributed by atoms with Crippen molar-refractivity contribution in [2.24, 2.45) is 0 Å². The van der Waals surface area contributed by atoms with E-state index in [1.807, 2.05) is 0 Å². The van der Waals surface area contributed by atoms with E-state index in [4.69, 9.17) is 4.74 Å². The molecule has 0 saturated carbocycles. The summed E-state index contributed by atoms with van der Waals surface area (Å²) in [5, 5.41) is 7.75. The first-order chi connectivity index (χ1) is 12.4. The van der Waals surface area contributed by atoms with E-state index in [0.29, 0.717) is 35.5 Å². The van der Waals surface area contributed by atoms with Crippen LogP contribution in [-0.4, -0.2) is 25.1 Å². The Morgan fingerprint density at radius 1 is 1.15 bits per heavy atom. The number of anilines is 2. The van der Waals surface area contributed by atoms with E-state index in [-0.39, 0.29) is 11.6 Å². The molecule has 0 aromatic heterocycles. The van der Waals surface area contributed by atoms with Crippen LogP contribution in [-0.2, 0) is 4.79 Å². The summed E-state index contributed by atoms with van der Waals surface area (Å²) in [7, 11) is 0. The fourth-order valence-corrected chi connectivity index (χ4v) is 2.42. The smallest absolute Gasteiger partial charge is 0.319 e. The fourth-order valence-electron chi connectivity index (χ4n) is 2.09. The lowest BCUT2D eigenvalue weighted by molar-refractivity contribution is -0.114. The van der Waals surface area contributed by atoms with E-state index in [1.54, 1.807) is 30.3 Å². The predicted octanol–water partition coefficient (Wildman–Crippen LogP) is 4.14. The molecule has 2 aromatic carbocycles. The lowest BCUT2D eigenvalue weighted by Crippen LogP contribution is -2.30. The van der Waals surface area contributed by atoms with Gasteiger partial charge in [0.05, 0.1) is 12.3 Å². The molecule has 0 aliphatic carbocycles. The van der Waals surface area contributed by atoms with Crippen LogP contribution in [0.1, 0.15) is 13.3 Å². The minimum Gasteiger partial charge on any atom is -0.493 e. The summed E-state index contributed by atoms with van der Waals surface area (Å²) in [6.07, 6.45) is 0.570. The Labute approximate surface area is 159 Å². The van der Waals surface area contributed by atoms with Gasteiger partial charge in [0, 0.05) is 29.7 Å². The Morgan fingerprint density at radius 2 is 1.96 bits per heavy atom. The molecule has 0 unspecified atom stereocenters. The first-order valence-corrected chi connectivity index (χ1v) is 8.73. The van der Waals surface area contributed by atoms with Gasteiger partial charge in [0.1, 0.15) is 11.6 Å². The molecule has 0 aliphatic rings. The molecule has 2 aromatic rings. The van der Waals surface area contributed by atoms with Crippen LogP contribution in [0.25, 0.3) is 0 Å². The van der Waals surface area contributed by atoms with Crippen LogP contribution < -0.4 is 20.7 Å². The molecule has 0 spiro atoms. The zero-order valence-electron chi connectivity index (χ0n) is 14.1. The van der Waals surface area contributed by atoms with Gasteiger partial charge in [-0.15, -0.1) is 0 Å². The van der Waals surface area contributed by atoms with Crippen molar-refractivity contribution in [2.45, 2.75) is 13.3 Å². The van der Waals surface area contributed by atoms with Crippen LogP contribution in [0.5, 0.6) is 5.75 Å². The lowest BCUT2D eigenvalue weighted by atomic mass is 10.3. The number of nitrogens with one attached hydrogen (secondary N) is 3. The summed E-state index contributed by atoms with van der Waals surface area (Å²) >= 11 is 3.15. The van der Waals surface area contributed by atoms with E-state index in [0.717, 1.165) is 0 Å². The van der Waals surface area contributed by atoms with Crippen LogP contribution in [0.15, 0.2) is 46.9 Å². The van der Waals surface area contributed by atoms with Crippen LogP contribution in [0.2, 0.25) is 0 Å². The monoisotopic (exact) mass is 423 g/mol. The summed E-state index contributed by atoms with van der Waals surface area (Å²) in [5.41, 5.74) is 0.765. The minimum atomic E-state index is -0.517. The van der Waals surface area contributed by atoms with Gasteiger partial charge >= 0.3 is 6.03 Å². The van der Waals surface area contributed by atoms with Crippen LogP contribution in [0, 0.1) is 5.82 Å². The van der Waals surface area contributed by atoms with Crippen LogP contribution in [0.3, 0.4) is 0 Å². The number of urea groups is 1. The molecule has 138 valence electrons. The summed E-state index contributed by atoms with van der Waals surface area (Å²) in [6, 6.07) is 10.9. The van der Waals surface area contributed by atoms with Crippen LogP contribution >= 0.6 is 15.9 Å². The average Bonchev–Trinajstić information content (AvgIpc) is 2.57. The van der Waals surface area contributed by atoms with E-state index < -0.39 is 11.8 Å². The van der Waals surface area contributed by atoms with Crippen molar-refractivity contribution in [1.82, 2.24) is 5.32 Å². The van der Waals surface area contributed by atoms with Crippen molar-refractivity contribution in [3.63, 3.8) is 0 Å². The van der Waals surface area contributed by atoms with Crippen molar-refractivity contribution in [3.05, 3.63) is 52.8 Å². The topological polar surface area (TPSA) is 79.5 Å². The number of halogens is 2. The number of carbonyl (C=O) groups is 2. The predicted molar refractivity (Wildman–Crippen MR) is 102 cm³/mol. The molecule has 6 nitrogen and oxygen atoms in total. The molecular formula is C18H19BrFN3O3. The van der Waals surface area contributed by atoms with Crippen LogP contribution in [0.4, 0.5) is 20.6 Å². The van der Waals surface area contributed by atoms with Gasteiger partial charge in [-0.05, 0) is 36.8 Å². The Balaban J connectivity index is 1.68. The van der Waals surface area contributed by atoms with Gasteiger partial charge in [-0.2, -0.15) is 0 Å². The van der Waals surface area contributed by atoms with Crippen molar-refractivity contribution in [2.75, 3.05) is 23.8 Å². The number of carbonyl (C=O) groups excluding carboxylic acids is 2. The number of benzene rings is 2. The highest BCUT2D eigenvalue weighted by molar-refractivity contribution is 9.10. The molecule has 0 aliphatic heterocycles. The standard InChI is InChI=1S/C18H19BrFN3O3/c1-12(24)22-14-4-2-5-15(11-14)26-9-3-8-21-18(25)23-17-7-6-13(19)10-16(17)20/h2,4-7,10-11H,3,8-9H2,1H3,(H,22,24)(H2,21,23,25). The molecular weight excluding hydrogens is 405 g/mol. The average molecular weight is 424 g/mol. The Bertz CT molecular complexity index is 786. The summed E-state index contributed by atoms with van der Waals surface area (Å²) in [5.74, 6) is -0.0471. The molecule has 8 heteroatoms. The normalized spacial score (nSPS) is 10.1. The molecule has 3 amide bonds. The largest absolute Gasteiger partial charge is 0.493 e. The minimum absolute atomic E-state index is 0.108. The first kappa shape index (κ1) is 19.7. The van der Waals surface area contributed by atoms with Gasteiger partial charge in [0.15, 0.2) is 0 Å². The Hall–Kier alpha value is -2.61. The number of amides is 3. The second-order valence-electron chi connectivity index (χ2n) is 5.42. The Morgan fingerprint density at radius 3 is 2.69 bits per heavy atom. The van der Waals surface area contributed by atoms with E-state index >= 15 is 0 Å². The summed E-state index contributed by atoms with van der Waals surface area (Å²) in [6.45, 7) is 2.19. The molecule has 0 fully saturated rings. The number of ether oxygens (including phenoxy) is 1. The second-order valence-corrected chi connectivity index (χ2v) is 6.33. The highest BCUT2D eigenvalue weighted by Gasteiger charge is 2.06. The van der Waals surface area contributed by atoms with Gasteiger partial charge < -0.3 is 20.7 Å². The van der Waals surface area contributed by atoms with Gasteiger partial charge in [0.2, 0.25) is 5.91 Å². The number of rotatable bonds is 7. The van der Waals surface area contributed by atoms with Gasteiger partial charge in [-0.25, -0.2) is 9.18 Å². The maximum Gasteiger partial charge on any atom is 0.319 e.